The summed E-state index contributed by atoms with van der Waals surface area (Å²) in [6.45, 7) is 2.97. The lowest BCUT2D eigenvalue weighted by Crippen LogP contribution is -2.51. The Kier molecular flexibility index (Phi) is 5.79. The molecule has 1 amide bonds. The summed E-state index contributed by atoms with van der Waals surface area (Å²) < 4.78 is 11.4. The molecule has 2 aliphatic rings. The highest BCUT2D eigenvalue weighted by atomic mass is 16.5. The number of carbonyl (C=O) groups is 1. The minimum absolute atomic E-state index is 0.0574. The number of amides is 1. The van der Waals surface area contributed by atoms with Crippen molar-refractivity contribution in [2.24, 2.45) is 5.92 Å². The van der Waals surface area contributed by atoms with Crippen LogP contribution in [-0.4, -0.2) is 49.3 Å². The topological polar surface area (TPSA) is 84.5 Å². The normalized spacial score (nSPS) is 25.2. The zero-order valence-electron chi connectivity index (χ0n) is 13.2. The molecule has 0 spiro atoms. The molecule has 7 nitrogen and oxygen atoms in total. The fourth-order valence-electron chi connectivity index (χ4n) is 2.89. The molecule has 0 saturated carbocycles. The third-order valence-corrected chi connectivity index (χ3v) is 4.24. The maximum absolute atomic E-state index is 12.2. The van der Waals surface area contributed by atoms with Crippen molar-refractivity contribution < 1.29 is 14.3 Å². The molecule has 3 rings (SSSR count). The Morgan fingerprint density at radius 2 is 2.26 bits per heavy atom. The molecular formula is C16H24N4O3. The van der Waals surface area contributed by atoms with Gasteiger partial charge in [-0.15, -0.1) is 0 Å². The summed E-state index contributed by atoms with van der Waals surface area (Å²) in [6, 6.07) is 5.44. The largest absolute Gasteiger partial charge is 0.472 e. The molecule has 3 N–H and O–H groups in total. The number of hydrogen-bond acceptors (Lipinski definition) is 6. The van der Waals surface area contributed by atoms with E-state index in [0.29, 0.717) is 31.4 Å². The minimum atomic E-state index is -0.127. The molecule has 126 valence electrons. The van der Waals surface area contributed by atoms with Crippen molar-refractivity contribution >= 4 is 5.91 Å². The quantitative estimate of drug-likeness (QED) is 0.696. The first-order valence-corrected chi connectivity index (χ1v) is 8.22. The van der Waals surface area contributed by atoms with Crippen molar-refractivity contribution in [3.63, 3.8) is 0 Å². The molecule has 2 atom stereocenters. The number of hydrogen-bond donors (Lipinski definition) is 3. The number of carbonyl (C=O) groups excluding carboxylic acids is 1. The first kappa shape index (κ1) is 16.2. The molecule has 2 saturated heterocycles. The predicted molar refractivity (Wildman–Crippen MR) is 84.7 cm³/mol. The van der Waals surface area contributed by atoms with Gasteiger partial charge in [-0.25, -0.2) is 4.98 Å². The molecule has 0 radical (unpaired) electrons. The van der Waals surface area contributed by atoms with E-state index >= 15 is 0 Å². The average molecular weight is 320 g/mol. The number of aromatic nitrogens is 1. The van der Waals surface area contributed by atoms with E-state index in [1.54, 1.807) is 6.20 Å². The van der Waals surface area contributed by atoms with Gasteiger partial charge < -0.3 is 14.8 Å². The second-order valence-electron chi connectivity index (χ2n) is 6.03. The van der Waals surface area contributed by atoms with Crippen LogP contribution in [0.15, 0.2) is 24.4 Å². The molecule has 1 aromatic rings. The van der Waals surface area contributed by atoms with Crippen molar-refractivity contribution in [2.75, 3.05) is 26.3 Å². The van der Waals surface area contributed by atoms with Gasteiger partial charge in [-0.3, -0.25) is 15.6 Å². The number of rotatable bonds is 6. The SMILES string of the molecule is O=C(CCC1CNNC1)N[C@@H]1COCC[C@H]1Oc1ccccn1. The predicted octanol–water partition coefficient (Wildman–Crippen LogP) is 0.238. The Bertz CT molecular complexity index is 493. The molecule has 7 heteroatoms. The van der Waals surface area contributed by atoms with Crippen molar-refractivity contribution in [2.45, 2.75) is 31.4 Å². The van der Waals surface area contributed by atoms with E-state index in [0.717, 1.165) is 25.9 Å². The highest BCUT2D eigenvalue weighted by Crippen LogP contribution is 2.16. The van der Waals surface area contributed by atoms with E-state index in [-0.39, 0.29) is 18.1 Å². The Morgan fingerprint density at radius 3 is 3.04 bits per heavy atom. The molecule has 0 aromatic carbocycles. The van der Waals surface area contributed by atoms with Gasteiger partial charge in [-0.1, -0.05) is 6.07 Å². The van der Waals surface area contributed by atoms with Crippen LogP contribution in [0, 0.1) is 5.92 Å². The van der Waals surface area contributed by atoms with Gasteiger partial charge in [-0.05, 0) is 18.4 Å². The molecule has 0 aliphatic carbocycles. The molecule has 0 unspecified atom stereocenters. The van der Waals surface area contributed by atoms with Gasteiger partial charge >= 0.3 is 0 Å². The molecule has 0 bridgehead atoms. The van der Waals surface area contributed by atoms with Crippen molar-refractivity contribution in [1.82, 2.24) is 21.2 Å². The van der Waals surface area contributed by atoms with Crippen LogP contribution in [0.4, 0.5) is 0 Å². The Labute approximate surface area is 136 Å². The van der Waals surface area contributed by atoms with Crippen molar-refractivity contribution in [3.8, 4) is 5.88 Å². The zero-order valence-corrected chi connectivity index (χ0v) is 13.2. The number of nitrogens with zero attached hydrogens (tertiary/aromatic N) is 1. The third kappa shape index (κ3) is 4.89. The fraction of sp³-hybridized carbons (Fsp3) is 0.625. The molecule has 1 aromatic heterocycles. The van der Waals surface area contributed by atoms with Crippen LogP contribution >= 0.6 is 0 Å². The average Bonchev–Trinajstić information content (AvgIpc) is 3.09. The van der Waals surface area contributed by atoms with Crippen LogP contribution in [0.3, 0.4) is 0 Å². The van der Waals surface area contributed by atoms with Crippen LogP contribution in [0.2, 0.25) is 0 Å². The van der Waals surface area contributed by atoms with Gasteiger partial charge in [0.2, 0.25) is 11.8 Å². The molecule has 2 aliphatic heterocycles. The van der Waals surface area contributed by atoms with E-state index in [4.69, 9.17) is 9.47 Å². The van der Waals surface area contributed by atoms with Gasteiger partial charge in [0, 0.05) is 38.2 Å². The molecule has 23 heavy (non-hydrogen) atoms. The fourth-order valence-corrected chi connectivity index (χ4v) is 2.89. The standard InChI is InChI=1S/C16H24N4O3/c21-15(5-4-12-9-18-19-10-12)20-13-11-22-8-6-14(13)23-16-3-1-2-7-17-16/h1-3,7,12-14,18-19H,4-6,8-11H2,(H,20,21)/t13-,14-/m1/s1. The zero-order chi connectivity index (χ0) is 15.9. The van der Waals surface area contributed by atoms with Crippen LogP contribution in [-0.2, 0) is 9.53 Å². The Balaban J connectivity index is 1.48. The highest BCUT2D eigenvalue weighted by Gasteiger charge is 2.29. The first-order valence-electron chi connectivity index (χ1n) is 8.22. The van der Waals surface area contributed by atoms with Gasteiger partial charge in [0.05, 0.1) is 19.3 Å². The van der Waals surface area contributed by atoms with E-state index in [2.05, 4.69) is 21.2 Å². The summed E-state index contributed by atoms with van der Waals surface area (Å²) in [7, 11) is 0. The lowest BCUT2D eigenvalue weighted by molar-refractivity contribution is -0.124. The Morgan fingerprint density at radius 1 is 1.39 bits per heavy atom. The van der Waals surface area contributed by atoms with Crippen LogP contribution in [0.1, 0.15) is 19.3 Å². The third-order valence-electron chi connectivity index (χ3n) is 4.24. The van der Waals surface area contributed by atoms with Gasteiger partial charge in [0.1, 0.15) is 6.10 Å². The van der Waals surface area contributed by atoms with Gasteiger partial charge in [-0.2, -0.15) is 0 Å². The van der Waals surface area contributed by atoms with E-state index < -0.39 is 0 Å². The van der Waals surface area contributed by atoms with E-state index in [9.17, 15) is 4.79 Å². The van der Waals surface area contributed by atoms with Gasteiger partial charge in [0.15, 0.2) is 0 Å². The van der Waals surface area contributed by atoms with Gasteiger partial charge in [0.25, 0.3) is 0 Å². The second-order valence-corrected chi connectivity index (χ2v) is 6.03. The first-order chi connectivity index (χ1) is 11.3. The summed E-state index contributed by atoms with van der Waals surface area (Å²) in [5.74, 6) is 1.16. The maximum Gasteiger partial charge on any atom is 0.220 e. The number of pyridine rings is 1. The van der Waals surface area contributed by atoms with E-state index in [1.165, 1.54) is 0 Å². The summed E-state index contributed by atoms with van der Waals surface area (Å²) in [5, 5.41) is 3.06. The van der Waals surface area contributed by atoms with E-state index in [1.807, 2.05) is 18.2 Å². The number of nitrogens with one attached hydrogen (secondary N) is 3. The summed E-state index contributed by atoms with van der Waals surface area (Å²) >= 11 is 0. The lowest BCUT2D eigenvalue weighted by atomic mass is 10.0. The smallest absolute Gasteiger partial charge is 0.220 e. The maximum atomic E-state index is 12.2. The lowest BCUT2D eigenvalue weighted by Gasteiger charge is -2.32. The van der Waals surface area contributed by atoms with Crippen molar-refractivity contribution in [3.05, 3.63) is 24.4 Å². The monoisotopic (exact) mass is 320 g/mol. The highest BCUT2D eigenvalue weighted by molar-refractivity contribution is 5.76. The molecule has 2 fully saturated rings. The van der Waals surface area contributed by atoms with Crippen molar-refractivity contribution in [1.29, 1.82) is 0 Å². The second kappa shape index (κ2) is 8.24. The van der Waals surface area contributed by atoms with Crippen LogP contribution in [0.5, 0.6) is 5.88 Å². The molecule has 3 heterocycles. The van der Waals surface area contributed by atoms with Crippen LogP contribution in [0.25, 0.3) is 0 Å². The number of hydrazine groups is 1. The summed E-state index contributed by atoms with van der Waals surface area (Å²) in [6.07, 6.45) is 3.76. The Hall–Kier alpha value is -1.70. The minimum Gasteiger partial charge on any atom is -0.472 e. The van der Waals surface area contributed by atoms with Crippen LogP contribution < -0.4 is 20.9 Å². The number of ether oxygens (including phenoxy) is 2. The summed E-state index contributed by atoms with van der Waals surface area (Å²) in [4.78, 5) is 16.4. The molecular weight excluding hydrogens is 296 g/mol. The summed E-state index contributed by atoms with van der Waals surface area (Å²) in [5.41, 5.74) is 6.17.